The van der Waals surface area contributed by atoms with Crippen LogP contribution in [-0.4, -0.2) is 27.3 Å². The zero-order valence-electron chi connectivity index (χ0n) is 13.9. The number of aliphatic hydroxyl groups excluding tert-OH is 1. The molecule has 27 heavy (non-hydrogen) atoms. The topological polar surface area (TPSA) is 71.2 Å². The predicted octanol–water partition coefficient (Wildman–Crippen LogP) is 4.64. The Balaban J connectivity index is 1.82. The van der Waals surface area contributed by atoms with E-state index in [1.807, 2.05) is 0 Å². The molecule has 1 unspecified atom stereocenters. The molecule has 9 heteroatoms. The van der Waals surface area contributed by atoms with E-state index in [4.69, 9.17) is 16.0 Å². The lowest BCUT2D eigenvalue weighted by atomic mass is 10.1. The van der Waals surface area contributed by atoms with Gasteiger partial charge in [0.25, 0.3) is 0 Å². The summed E-state index contributed by atoms with van der Waals surface area (Å²) in [5.74, 6) is 0.508. The second-order valence-electron chi connectivity index (χ2n) is 5.76. The third-order valence-electron chi connectivity index (χ3n) is 3.70. The maximum absolute atomic E-state index is 12.7. The Hall–Kier alpha value is -2.58. The van der Waals surface area contributed by atoms with E-state index in [2.05, 4.69) is 15.5 Å². The Labute approximate surface area is 157 Å². The molecule has 3 aromatic rings. The number of anilines is 2. The van der Waals surface area contributed by atoms with Crippen LogP contribution in [0.3, 0.4) is 0 Å². The van der Waals surface area contributed by atoms with Crippen LogP contribution in [0.1, 0.15) is 11.5 Å². The first-order valence-corrected chi connectivity index (χ1v) is 8.50. The molecule has 2 aromatic carbocycles. The summed E-state index contributed by atoms with van der Waals surface area (Å²) in [4.78, 5) is 0. The van der Waals surface area contributed by atoms with E-state index >= 15 is 0 Å². The first kappa shape index (κ1) is 19.2. The Morgan fingerprint density at radius 1 is 1.07 bits per heavy atom. The van der Waals surface area contributed by atoms with Crippen molar-refractivity contribution in [2.75, 3.05) is 11.2 Å². The molecule has 0 fully saturated rings. The molecule has 0 saturated carbocycles. The van der Waals surface area contributed by atoms with E-state index in [1.54, 1.807) is 24.3 Å². The van der Waals surface area contributed by atoms with Crippen molar-refractivity contribution in [2.45, 2.75) is 18.7 Å². The van der Waals surface area contributed by atoms with Crippen molar-refractivity contribution < 1.29 is 22.7 Å². The zero-order valence-corrected chi connectivity index (χ0v) is 14.6. The Kier molecular flexibility index (Phi) is 5.67. The number of hydrogen-bond donors (Lipinski definition) is 2. The van der Waals surface area contributed by atoms with Crippen molar-refractivity contribution in [1.29, 1.82) is 0 Å². The summed E-state index contributed by atoms with van der Waals surface area (Å²) in [6.07, 6.45) is -5.05. The molecule has 0 spiro atoms. The van der Waals surface area contributed by atoms with Gasteiger partial charge in [-0.25, -0.2) is 0 Å². The van der Waals surface area contributed by atoms with Crippen LogP contribution in [0.25, 0.3) is 11.5 Å². The quantitative estimate of drug-likeness (QED) is 0.593. The first-order chi connectivity index (χ1) is 12.9. The second-order valence-corrected chi connectivity index (χ2v) is 6.07. The Bertz CT molecular complexity index is 897. The van der Waals surface area contributed by atoms with Gasteiger partial charge in [-0.05, 0) is 36.4 Å². The Morgan fingerprint density at radius 2 is 1.78 bits per heavy atom. The number of benzene rings is 2. The van der Waals surface area contributed by atoms with Crippen LogP contribution in [0.5, 0.6) is 0 Å². The molecule has 0 aliphatic carbocycles. The SMILES string of the molecule is OC(CCl)Cc1nnc(-c2ccccc2Nc2ccc(C(F)(F)F)cc2)o1. The van der Waals surface area contributed by atoms with E-state index < -0.39 is 17.8 Å². The van der Waals surface area contributed by atoms with Gasteiger partial charge in [0.05, 0.1) is 29.3 Å². The molecule has 3 rings (SSSR count). The summed E-state index contributed by atoms with van der Waals surface area (Å²) >= 11 is 5.56. The minimum Gasteiger partial charge on any atom is -0.421 e. The fourth-order valence-electron chi connectivity index (χ4n) is 2.38. The third-order valence-corrected chi connectivity index (χ3v) is 4.06. The average Bonchev–Trinajstić information content (AvgIpc) is 3.10. The molecule has 1 heterocycles. The van der Waals surface area contributed by atoms with Gasteiger partial charge in [0.15, 0.2) is 0 Å². The lowest BCUT2D eigenvalue weighted by Gasteiger charge is -2.11. The van der Waals surface area contributed by atoms with Gasteiger partial charge < -0.3 is 14.8 Å². The number of aliphatic hydroxyl groups is 1. The van der Waals surface area contributed by atoms with Gasteiger partial charge in [-0.3, -0.25) is 0 Å². The van der Waals surface area contributed by atoms with Gasteiger partial charge in [-0.2, -0.15) is 13.2 Å². The summed E-state index contributed by atoms with van der Waals surface area (Å²) in [5.41, 5.74) is 0.926. The number of alkyl halides is 4. The van der Waals surface area contributed by atoms with Crippen molar-refractivity contribution >= 4 is 23.0 Å². The fraction of sp³-hybridized carbons (Fsp3) is 0.222. The highest BCUT2D eigenvalue weighted by molar-refractivity contribution is 6.18. The number of halogens is 4. The minimum atomic E-state index is -4.38. The molecule has 0 aliphatic heterocycles. The number of hydrogen-bond acceptors (Lipinski definition) is 5. The van der Waals surface area contributed by atoms with Crippen LogP contribution >= 0.6 is 11.6 Å². The highest BCUT2D eigenvalue weighted by Crippen LogP contribution is 2.32. The highest BCUT2D eigenvalue weighted by atomic mass is 35.5. The molecule has 5 nitrogen and oxygen atoms in total. The lowest BCUT2D eigenvalue weighted by molar-refractivity contribution is -0.137. The van der Waals surface area contributed by atoms with Crippen LogP contribution in [0, 0.1) is 0 Å². The number of aromatic nitrogens is 2. The van der Waals surface area contributed by atoms with E-state index in [9.17, 15) is 18.3 Å². The summed E-state index contributed by atoms with van der Waals surface area (Å²) in [6, 6.07) is 11.7. The Morgan fingerprint density at radius 3 is 2.44 bits per heavy atom. The average molecular weight is 398 g/mol. The maximum Gasteiger partial charge on any atom is 0.416 e. The fourth-order valence-corrected chi connectivity index (χ4v) is 2.49. The van der Waals surface area contributed by atoms with Gasteiger partial charge in [-0.15, -0.1) is 21.8 Å². The molecule has 0 saturated heterocycles. The van der Waals surface area contributed by atoms with Gasteiger partial charge in [-0.1, -0.05) is 12.1 Å². The van der Waals surface area contributed by atoms with Crippen molar-refractivity contribution in [3.8, 4) is 11.5 Å². The van der Waals surface area contributed by atoms with Crippen LogP contribution in [0.4, 0.5) is 24.5 Å². The zero-order chi connectivity index (χ0) is 19.4. The number of para-hydroxylation sites is 1. The van der Waals surface area contributed by atoms with Gasteiger partial charge >= 0.3 is 6.18 Å². The van der Waals surface area contributed by atoms with E-state index in [-0.39, 0.29) is 24.1 Å². The van der Waals surface area contributed by atoms with Crippen molar-refractivity contribution in [3.05, 3.63) is 60.0 Å². The standard InChI is InChI=1S/C18H15ClF3N3O2/c19-10-13(26)9-16-24-25-17(27-16)14-3-1-2-4-15(14)23-12-7-5-11(6-8-12)18(20,21)22/h1-8,13,23,26H,9-10H2. The van der Waals surface area contributed by atoms with Crippen molar-refractivity contribution in [2.24, 2.45) is 0 Å². The van der Waals surface area contributed by atoms with Crippen LogP contribution in [0.2, 0.25) is 0 Å². The van der Waals surface area contributed by atoms with Gasteiger partial charge in [0.2, 0.25) is 11.8 Å². The monoisotopic (exact) mass is 397 g/mol. The number of nitrogens with zero attached hydrogens (tertiary/aromatic N) is 2. The summed E-state index contributed by atoms with van der Waals surface area (Å²) in [5, 5.41) is 20.5. The van der Waals surface area contributed by atoms with Crippen molar-refractivity contribution in [3.63, 3.8) is 0 Å². The third kappa shape index (κ3) is 4.78. The molecular formula is C18H15ClF3N3O2. The van der Waals surface area contributed by atoms with Gasteiger partial charge in [0, 0.05) is 11.6 Å². The lowest BCUT2D eigenvalue weighted by Crippen LogP contribution is -2.11. The molecule has 1 aromatic heterocycles. The molecule has 0 radical (unpaired) electrons. The number of rotatable bonds is 6. The van der Waals surface area contributed by atoms with E-state index in [0.717, 1.165) is 12.1 Å². The number of nitrogens with one attached hydrogen (secondary N) is 1. The molecule has 0 amide bonds. The molecule has 142 valence electrons. The molecule has 1 atom stereocenters. The normalized spacial score (nSPS) is 12.8. The maximum atomic E-state index is 12.7. The minimum absolute atomic E-state index is 0.0454. The smallest absolute Gasteiger partial charge is 0.416 e. The summed E-state index contributed by atoms with van der Waals surface area (Å²) in [6.45, 7) is 0. The van der Waals surface area contributed by atoms with Crippen LogP contribution < -0.4 is 5.32 Å². The van der Waals surface area contributed by atoms with Crippen molar-refractivity contribution in [1.82, 2.24) is 10.2 Å². The highest BCUT2D eigenvalue weighted by Gasteiger charge is 2.30. The molecule has 0 aliphatic rings. The van der Waals surface area contributed by atoms with Crippen LogP contribution in [-0.2, 0) is 12.6 Å². The second kappa shape index (κ2) is 7.98. The summed E-state index contributed by atoms with van der Waals surface area (Å²) < 4.78 is 43.6. The summed E-state index contributed by atoms with van der Waals surface area (Å²) in [7, 11) is 0. The van der Waals surface area contributed by atoms with E-state index in [0.29, 0.717) is 16.9 Å². The largest absolute Gasteiger partial charge is 0.421 e. The van der Waals surface area contributed by atoms with E-state index in [1.165, 1.54) is 12.1 Å². The van der Waals surface area contributed by atoms with Gasteiger partial charge in [0.1, 0.15) is 0 Å². The van der Waals surface area contributed by atoms with Crippen LogP contribution in [0.15, 0.2) is 52.9 Å². The first-order valence-electron chi connectivity index (χ1n) is 7.97. The molecule has 0 bridgehead atoms. The predicted molar refractivity (Wildman–Crippen MR) is 94.9 cm³/mol. The molecular weight excluding hydrogens is 383 g/mol. The molecule has 2 N–H and O–H groups in total.